The summed E-state index contributed by atoms with van der Waals surface area (Å²) in [5.41, 5.74) is 5.38. The van der Waals surface area contributed by atoms with Crippen molar-refractivity contribution in [2.75, 3.05) is 39.8 Å². The number of hydrogen-bond donors (Lipinski definition) is 2. The monoisotopic (exact) mass is 215 g/mol. The first kappa shape index (κ1) is 12.4. The number of hydrogen-bond acceptors (Lipinski definition) is 4. The van der Waals surface area contributed by atoms with Gasteiger partial charge in [-0.2, -0.15) is 0 Å². The van der Waals surface area contributed by atoms with E-state index >= 15 is 0 Å². The summed E-state index contributed by atoms with van der Waals surface area (Å²) < 4.78 is 4.93. The summed E-state index contributed by atoms with van der Waals surface area (Å²) in [7, 11) is 1.50. The first-order valence-corrected chi connectivity index (χ1v) is 5.51. The second-order valence-electron chi connectivity index (χ2n) is 3.80. The highest BCUT2D eigenvalue weighted by atomic mass is 16.5. The average molecular weight is 215 g/mol. The molecule has 0 radical (unpaired) electrons. The van der Waals surface area contributed by atoms with Crippen molar-refractivity contribution < 1.29 is 9.53 Å². The third-order valence-corrected chi connectivity index (χ3v) is 2.72. The second-order valence-corrected chi connectivity index (χ2v) is 3.80. The maximum atomic E-state index is 11.4. The van der Waals surface area contributed by atoms with Crippen molar-refractivity contribution in [2.24, 2.45) is 5.73 Å². The Morgan fingerprint density at radius 3 is 2.73 bits per heavy atom. The van der Waals surface area contributed by atoms with Crippen LogP contribution in [0.1, 0.15) is 12.8 Å². The SMILES string of the molecule is COC(CN)C(=O)NCCN1CCCC1. The Bertz CT molecular complexity index is 189. The molecule has 1 amide bonds. The van der Waals surface area contributed by atoms with Crippen molar-refractivity contribution in [1.29, 1.82) is 0 Å². The Balaban J connectivity index is 2.10. The van der Waals surface area contributed by atoms with Crippen molar-refractivity contribution in [3.63, 3.8) is 0 Å². The molecule has 0 spiro atoms. The maximum absolute atomic E-state index is 11.4. The topological polar surface area (TPSA) is 67.6 Å². The Kier molecular flexibility index (Phi) is 5.60. The van der Waals surface area contributed by atoms with Crippen molar-refractivity contribution in [2.45, 2.75) is 18.9 Å². The van der Waals surface area contributed by atoms with Crippen molar-refractivity contribution in [3.05, 3.63) is 0 Å². The third-order valence-electron chi connectivity index (χ3n) is 2.72. The molecule has 1 aliphatic rings. The van der Waals surface area contributed by atoms with Gasteiger partial charge in [0, 0.05) is 26.7 Å². The van der Waals surface area contributed by atoms with Crippen LogP contribution < -0.4 is 11.1 Å². The molecule has 1 unspecified atom stereocenters. The number of rotatable bonds is 6. The number of ether oxygens (including phenoxy) is 1. The largest absolute Gasteiger partial charge is 0.370 e. The Morgan fingerprint density at radius 1 is 1.53 bits per heavy atom. The zero-order valence-corrected chi connectivity index (χ0v) is 9.37. The number of nitrogens with one attached hydrogen (secondary N) is 1. The maximum Gasteiger partial charge on any atom is 0.250 e. The highest BCUT2D eigenvalue weighted by molar-refractivity contribution is 5.80. The summed E-state index contributed by atoms with van der Waals surface area (Å²) in [6.07, 6.45) is 2.04. The average Bonchev–Trinajstić information content (AvgIpc) is 2.72. The minimum absolute atomic E-state index is 0.112. The summed E-state index contributed by atoms with van der Waals surface area (Å²) in [5.74, 6) is -0.112. The van der Waals surface area contributed by atoms with Gasteiger partial charge >= 0.3 is 0 Å². The highest BCUT2D eigenvalue weighted by Crippen LogP contribution is 2.05. The molecule has 0 saturated carbocycles. The van der Waals surface area contributed by atoms with E-state index in [1.54, 1.807) is 0 Å². The van der Waals surface area contributed by atoms with Crippen LogP contribution in [0.15, 0.2) is 0 Å². The van der Waals surface area contributed by atoms with Crippen LogP contribution in [0.2, 0.25) is 0 Å². The van der Waals surface area contributed by atoms with E-state index in [1.165, 1.54) is 20.0 Å². The summed E-state index contributed by atoms with van der Waals surface area (Å²) >= 11 is 0. The number of nitrogens with two attached hydrogens (primary N) is 1. The van der Waals surface area contributed by atoms with Gasteiger partial charge in [0.05, 0.1) is 0 Å². The van der Waals surface area contributed by atoms with Crippen LogP contribution in [0.5, 0.6) is 0 Å². The Morgan fingerprint density at radius 2 is 2.20 bits per heavy atom. The lowest BCUT2D eigenvalue weighted by Crippen LogP contribution is -2.43. The van der Waals surface area contributed by atoms with Gasteiger partial charge in [-0.15, -0.1) is 0 Å². The van der Waals surface area contributed by atoms with Gasteiger partial charge < -0.3 is 20.7 Å². The standard InChI is InChI=1S/C10H21N3O2/c1-15-9(8-11)10(14)12-4-7-13-5-2-3-6-13/h9H,2-8,11H2,1H3,(H,12,14). The quantitative estimate of drug-likeness (QED) is 0.607. The molecule has 0 aromatic rings. The molecule has 5 nitrogen and oxygen atoms in total. The van der Waals surface area contributed by atoms with Crippen LogP contribution in [-0.2, 0) is 9.53 Å². The fraction of sp³-hybridized carbons (Fsp3) is 0.900. The van der Waals surface area contributed by atoms with Crippen LogP contribution in [0.3, 0.4) is 0 Å². The minimum Gasteiger partial charge on any atom is -0.370 e. The lowest BCUT2D eigenvalue weighted by molar-refractivity contribution is -0.130. The number of carbonyl (C=O) groups excluding carboxylic acids is 1. The van der Waals surface area contributed by atoms with E-state index in [-0.39, 0.29) is 12.5 Å². The van der Waals surface area contributed by atoms with Gasteiger partial charge in [0.1, 0.15) is 6.10 Å². The van der Waals surface area contributed by atoms with Gasteiger partial charge in [0.25, 0.3) is 0 Å². The minimum atomic E-state index is -0.511. The van der Waals surface area contributed by atoms with E-state index < -0.39 is 6.10 Å². The van der Waals surface area contributed by atoms with Crippen molar-refractivity contribution >= 4 is 5.91 Å². The number of carbonyl (C=O) groups is 1. The molecule has 1 rings (SSSR count). The smallest absolute Gasteiger partial charge is 0.250 e. The molecular formula is C10H21N3O2. The third kappa shape index (κ3) is 4.15. The number of nitrogens with zero attached hydrogens (tertiary/aromatic N) is 1. The van der Waals surface area contributed by atoms with Crippen LogP contribution in [-0.4, -0.2) is 56.7 Å². The van der Waals surface area contributed by atoms with Crippen LogP contribution in [0.25, 0.3) is 0 Å². The molecular weight excluding hydrogens is 194 g/mol. The predicted octanol–water partition coefficient (Wildman–Crippen LogP) is -0.828. The van der Waals surface area contributed by atoms with E-state index in [1.807, 2.05) is 0 Å². The van der Waals surface area contributed by atoms with Crippen LogP contribution >= 0.6 is 0 Å². The lowest BCUT2D eigenvalue weighted by Gasteiger charge is -2.17. The van der Waals surface area contributed by atoms with E-state index in [0.717, 1.165) is 19.6 Å². The summed E-state index contributed by atoms with van der Waals surface area (Å²) in [5, 5.41) is 2.83. The number of methoxy groups -OCH3 is 1. The molecule has 5 heteroatoms. The Labute approximate surface area is 90.9 Å². The number of amides is 1. The highest BCUT2D eigenvalue weighted by Gasteiger charge is 2.16. The molecule has 1 fully saturated rings. The first-order valence-electron chi connectivity index (χ1n) is 5.51. The van der Waals surface area contributed by atoms with Crippen LogP contribution in [0, 0.1) is 0 Å². The summed E-state index contributed by atoms with van der Waals surface area (Å²) in [6.45, 7) is 4.14. The van der Waals surface area contributed by atoms with Gasteiger partial charge in [0.15, 0.2) is 0 Å². The van der Waals surface area contributed by atoms with Crippen molar-refractivity contribution in [3.8, 4) is 0 Å². The molecule has 3 N–H and O–H groups in total. The van der Waals surface area contributed by atoms with E-state index in [4.69, 9.17) is 10.5 Å². The molecule has 1 aliphatic heterocycles. The van der Waals surface area contributed by atoms with Gasteiger partial charge in [-0.05, 0) is 25.9 Å². The molecule has 1 saturated heterocycles. The first-order chi connectivity index (χ1) is 7.27. The summed E-state index contributed by atoms with van der Waals surface area (Å²) in [6, 6.07) is 0. The van der Waals surface area contributed by atoms with E-state index in [2.05, 4.69) is 10.2 Å². The number of likely N-dealkylation sites (tertiary alicyclic amines) is 1. The molecule has 0 aliphatic carbocycles. The Hall–Kier alpha value is -0.650. The van der Waals surface area contributed by atoms with Crippen molar-refractivity contribution in [1.82, 2.24) is 10.2 Å². The lowest BCUT2D eigenvalue weighted by atomic mass is 10.3. The van der Waals surface area contributed by atoms with Crippen LogP contribution in [0.4, 0.5) is 0 Å². The zero-order chi connectivity index (χ0) is 11.1. The fourth-order valence-corrected chi connectivity index (χ4v) is 1.77. The molecule has 88 valence electrons. The molecule has 15 heavy (non-hydrogen) atoms. The van der Waals surface area contributed by atoms with Gasteiger partial charge in [0.2, 0.25) is 5.91 Å². The molecule has 0 aromatic heterocycles. The van der Waals surface area contributed by atoms with Gasteiger partial charge in [-0.1, -0.05) is 0 Å². The van der Waals surface area contributed by atoms with E-state index in [9.17, 15) is 4.79 Å². The molecule has 0 aromatic carbocycles. The van der Waals surface area contributed by atoms with Gasteiger partial charge in [-0.3, -0.25) is 4.79 Å². The molecule has 0 bridgehead atoms. The second kappa shape index (κ2) is 6.76. The van der Waals surface area contributed by atoms with Gasteiger partial charge in [-0.25, -0.2) is 0 Å². The fourth-order valence-electron chi connectivity index (χ4n) is 1.77. The normalized spacial score (nSPS) is 19.1. The molecule has 1 atom stereocenters. The van der Waals surface area contributed by atoms with E-state index in [0.29, 0.717) is 6.54 Å². The predicted molar refractivity (Wildman–Crippen MR) is 58.5 cm³/mol. The summed E-state index contributed by atoms with van der Waals surface area (Å²) in [4.78, 5) is 13.8. The zero-order valence-electron chi connectivity index (χ0n) is 9.37. The molecule has 1 heterocycles.